The highest BCUT2D eigenvalue weighted by Gasteiger charge is 2.22. The summed E-state index contributed by atoms with van der Waals surface area (Å²) >= 11 is 4.81. The van der Waals surface area contributed by atoms with Crippen LogP contribution in [0.3, 0.4) is 0 Å². The molecule has 8 nitrogen and oxygen atoms in total. The minimum Gasteiger partial charge on any atom is -0.368 e. The number of amides is 2. The van der Waals surface area contributed by atoms with Crippen molar-refractivity contribution in [3.05, 3.63) is 88.9 Å². The maximum Gasteiger partial charge on any atom is 0.256 e. The summed E-state index contributed by atoms with van der Waals surface area (Å²) in [5.74, 6) is 0.934. The predicted octanol–water partition coefficient (Wildman–Crippen LogP) is 4.94. The molecule has 194 valence electrons. The van der Waals surface area contributed by atoms with Crippen LogP contribution in [0.4, 0.5) is 11.4 Å². The zero-order valence-electron chi connectivity index (χ0n) is 20.9. The molecular formula is C28H27BrN6O2S. The van der Waals surface area contributed by atoms with Gasteiger partial charge in [-0.25, -0.2) is 0 Å². The van der Waals surface area contributed by atoms with E-state index in [1.54, 1.807) is 6.07 Å². The fraction of sp³-hybridized carbons (Fsp3) is 0.214. The zero-order chi connectivity index (χ0) is 26.5. The quantitative estimate of drug-likeness (QED) is 0.307. The van der Waals surface area contributed by atoms with Gasteiger partial charge in [-0.1, -0.05) is 42.1 Å². The van der Waals surface area contributed by atoms with Crippen molar-refractivity contribution in [2.45, 2.75) is 5.16 Å². The normalized spacial score (nSPS) is 13.4. The van der Waals surface area contributed by atoms with Crippen molar-refractivity contribution in [3.8, 4) is 11.4 Å². The number of para-hydroxylation sites is 1. The minimum absolute atomic E-state index is 0.109. The standard InChI is InChI=1S/C28H27BrN6O2S/c1-33-26(20-11-13-21(14-12-20)30-27(37)23-9-5-6-10-24(23)29)31-32-28(33)38-19-25(36)35-17-15-34(16-18-35)22-7-3-2-4-8-22/h2-14H,15-19H2,1H3,(H,30,37). The fourth-order valence-electron chi connectivity index (χ4n) is 4.31. The Morgan fingerprint density at radius 1 is 0.895 bits per heavy atom. The molecule has 38 heavy (non-hydrogen) atoms. The van der Waals surface area contributed by atoms with E-state index in [1.807, 2.05) is 77.2 Å². The van der Waals surface area contributed by atoms with E-state index in [0.29, 0.717) is 41.1 Å². The van der Waals surface area contributed by atoms with Crippen molar-refractivity contribution >= 4 is 50.9 Å². The van der Waals surface area contributed by atoms with Gasteiger partial charge in [0.05, 0.1) is 11.3 Å². The topological polar surface area (TPSA) is 83.4 Å². The van der Waals surface area contributed by atoms with Crippen molar-refractivity contribution in [3.63, 3.8) is 0 Å². The molecule has 1 aromatic heterocycles. The number of carbonyl (C=O) groups excluding carboxylic acids is 2. The number of benzene rings is 3. The van der Waals surface area contributed by atoms with E-state index in [-0.39, 0.29) is 11.8 Å². The van der Waals surface area contributed by atoms with Gasteiger partial charge in [0.15, 0.2) is 11.0 Å². The summed E-state index contributed by atoms with van der Waals surface area (Å²) in [6, 6.07) is 25.1. The van der Waals surface area contributed by atoms with Crippen LogP contribution in [-0.2, 0) is 11.8 Å². The second-order valence-corrected chi connectivity index (χ2v) is 10.7. The Labute approximate surface area is 234 Å². The van der Waals surface area contributed by atoms with E-state index in [4.69, 9.17) is 0 Å². The van der Waals surface area contributed by atoms with E-state index in [2.05, 4.69) is 48.5 Å². The van der Waals surface area contributed by atoms with E-state index in [1.165, 1.54) is 17.4 Å². The van der Waals surface area contributed by atoms with Crippen LogP contribution in [0.5, 0.6) is 0 Å². The Morgan fingerprint density at radius 2 is 1.58 bits per heavy atom. The molecule has 1 saturated heterocycles. The van der Waals surface area contributed by atoms with Gasteiger partial charge < -0.3 is 19.7 Å². The molecule has 0 bridgehead atoms. The van der Waals surface area contributed by atoms with E-state index < -0.39 is 0 Å². The van der Waals surface area contributed by atoms with Gasteiger partial charge in [-0.2, -0.15) is 0 Å². The Kier molecular flexibility index (Phi) is 8.09. The minimum atomic E-state index is -0.186. The summed E-state index contributed by atoms with van der Waals surface area (Å²) in [5.41, 5.74) is 3.32. The number of nitrogens with zero attached hydrogens (tertiary/aromatic N) is 5. The van der Waals surface area contributed by atoms with Gasteiger partial charge >= 0.3 is 0 Å². The SMILES string of the molecule is Cn1c(SCC(=O)N2CCN(c3ccccc3)CC2)nnc1-c1ccc(NC(=O)c2ccccc2Br)cc1. The first-order valence-corrected chi connectivity index (χ1v) is 14.0. The Bertz CT molecular complexity index is 1420. The third-order valence-electron chi connectivity index (χ3n) is 6.43. The number of nitrogens with one attached hydrogen (secondary N) is 1. The van der Waals surface area contributed by atoms with Crippen LogP contribution < -0.4 is 10.2 Å². The molecule has 0 aliphatic carbocycles. The molecule has 4 aromatic rings. The lowest BCUT2D eigenvalue weighted by Gasteiger charge is -2.36. The maximum absolute atomic E-state index is 12.8. The predicted molar refractivity (Wildman–Crippen MR) is 154 cm³/mol. The second kappa shape index (κ2) is 11.8. The van der Waals surface area contributed by atoms with E-state index in [9.17, 15) is 9.59 Å². The first-order chi connectivity index (χ1) is 18.5. The van der Waals surface area contributed by atoms with Gasteiger partial charge in [-0.3, -0.25) is 9.59 Å². The summed E-state index contributed by atoms with van der Waals surface area (Å²) in [6.45, 7) is 3.08. The average molecular weight is 592 g/mol. The van der Waals surface area contributed by atoms with Crippen LogP contribution >= 0.6 is 27.7 Å². The summed E-state index contributed by atoms with van der Waals surface area (Å²) in [6.07, 6.45) is 0. The summed E-state index contributed by atoms with van der Waals surface area (Å²) in [5, 5.41) is 12.2. The lowest BCUT2D eigenvalue weighted by atomic mass is 10.1. The molecule has 0 unspecified atom stereocenters. The highest BCUT2D eigenvalue weighted by molar-refractivity contribution is 9.10. The van der Waals surface area contributed by atoms with Gasteiger partial charge in [0.1, 0.15) is 0 Å². The van der Waals surface area contributed by atoms with Crippen molar-refractivity contribution in [1.29, 1.82) is 0 Å². The first kappa shape index (κ1) is 26.0. The molecule has 1 fully saturated rings. The van der Waals surface area contributed by atoms with Crippen LogP contribution in [0.2, 0.25) is 0 Å². The van der Waals surface area contributed by atoms with E-state index in [0.717, 1.165) is 23.1 Å². The number of hydrogen-bond acceptors (Lipinski definition) is 6. The Balaban J connectivity index is 1.15. The maximum atomic E-state index is 12.8. The third kappa shape index (κ3) is 5.92. The van der Waals surface area contributed by atoms with E-state index >= 15 is 0 Å². The molecule has 10 heteroatoms. The average Bonchev–Trinajstić information content (AvgIpc) is 3.32. The Morgan fingerprint density at radius 3 is 2.29 bits per heavy atom. The molecule has 1 N–H and O–H groups in total. The number of rotatable bonds is 7. The number of piperazine rings is 1. The number of aromatic nitrogens is 3. The molecular weight excluding hydrogens is 564 g/mol. The molecule has 1 aliphatic rings. The number of anilines is 2. The highest BCUT2D eigenvalue weighted by Crippen LogP contribution is 2.25. The first-order valence-electron chi connectivity index (χ1n) is 12.3. The number of carbonyl (C=O) groups is 2. The lowest BCUT2D eigenvalue weighted by Crippen LogP contribution is -2.49. The summed E-state index contributed by atoms with van der Waals surface area (Å²) in [4.78, 5) is 29.6. The fourth-order valence-corrected chi connectivity index (χ4v) is 5.59. The van der Waals surface area contributed by atoms with Gasteiger partial charge in [-0.15, -0.1) is 10.2 Å². The molecule has 2 amide bonds. The molecule has 0 atom stereocenters. The summed E-state index contributed by atoms with van der Waals surface area (Å²) < 4.78 is 2.63. The smallest absolute Gasteiger partial charge is 0.256 e. The van der Waals surface area contributed by atoms with Gasteiger partial charge in [-0.05, 0) is 64.5 Å². The number of hydrogen-bond donors (Lipinski definition) is 1. The lowest BCUT2D eigenvalue weighted by molar-refractivity contribution is -0.128. The number of thioether (sulfide) groups is 1. The molecule has 3 aromatic carbocycles. The van der Waals surface area contributed by atoms with Crippen molar-refractivity contribution in [2.75, 3.05) is 42.1 Å². The van der Waals surface area contributed by atoms with Crippen molar-refractivity contribution < 1.29 is 9.59 Å². The molecule has 0 spiro atoms. The number of halogens is 1. The molecule has 0 saturated carbocycles. The van der Waals surface area contributed by atoms with Crippen LogP contribution in [-0.4, -0.2) is 63.4 Å². The largest absolute Gasteiger partial charge is 0.368 e. The van der Waals surface area contributed by atoms with Crippen molar-refractivity contribution in [1.82, 2.24) is 19.7 Å². The van der Waals surface area contributed by atoms with Crippen LogP contribution in [0.1, 0.15) is 10.4 Å². The highest BCUT2D eigenvalue weighted by atomic mass is 79.9. The van der Waals surface area contributed by atoms with Gasteiger partial charge in [0, 0.05) is 54.6 Å². The third-order valence-corrected chi connectivity index (χ3v) is 8.13. The van der Waals surface area contributed by atoms with Gasteiger partial charge in [0.2, 0.25) is 5.91 Å². The Hall–Kier alpha value is -3.63. The monoisotopic (exact) mass is 590 g/mol. The second-order valence-electron chi connectivity index (χ2n) is 8.87. The van der Waals surface area contributed by atoms with Crippen LogP contribution in [0.25, 0.3) is 11.4 Å². The van der Waals surface area contributed by atoms with Crippen LogP contribution in [0, 0.1) is 0 Å². The molecule has 5 rings (SSSR count). The van der Waals surface area contributed by atoms with Crippen molar-refractivity contribution in [2.24, 2.45) is 7.05 Å². The molecule has 0 radical (unpaired) electrons. The van der Waals surface area contributed by atoms with Crippen LogP contribution in [0.15, 0.2) is 88.5 Å². The zero-order valence-corrected chi connectivity index (χ0v) is 23.3. The van der Waals surface area contributed by atoms with Gasteiger partial charge in [0.25, 0.3) is 5.91 Å². The molecule has 1 aliphatic heterocycles. The molecule has 2 heterocycles. The summed E-state index contributed by atoms with van der Waals surface area (Å²) in [7, 11) is 1.89.